The van der Waals surface area contributed by atoms with Crippen LogP contribution in [0.1, 0.15) is 16.1 Å². The molecule has 0 atom stereocenters. The molecule has 1 fully saturated rings. The Bertz CT molecular complexity index is 964. The Labute approximate surface area is 161 Å². The Balaban J connectivity index is 1.36. The van der Waals surface area contributed by atoms with Crippen LogP contribution in [0, 0.1) is 11.6 Å². The molecule has 2 heterocycles. The van der Waals surface area contributed by atoms with Gasteiger partial charge >= 0.3 is 0 Å². The van der Waals surface area contributed by atoms with Crippen molar-refractivity contribution in [2.45, 2.75) is 6.54 Å². The van der Waals surface area contributed by atoms with E-state index in [1.54, 1.807) is 29.2 Å². The van der Waals surface area contributed by atoms with Crippen LogP contribution >= 0.6 is 0 Å². The highest BCUT2D eigenvalue weighted by Gasteiger charge is 2.25. The molecular formula is C21H19F2N3O2. The standard InChI is InChI=1S/C21H19F2N3O2/c22-17-6-4-16(5-7-17)20-13-19(24-28-20)21(27)26-10-8-25(9-11-26)14-15-2-1-3-18(23)12-15/h1-7,12-13H,8-11,14H2. The average molecular weight is 383 g/mol. The maximum Gasteiger partial charge on any atom is 0.276 e. The molecule has 28 heavy (non-hydrogen) atoms. The lowest BCUT2D eigenvalue weighted by Gasteiger charge is -2.34. The van der Waals surface area contributed by atoms with E-state index >= 15 is 0 Å². The topological polar surface area (TPSA) is 49.6 Å². The van der Waals surface area contributed by atoms with E-state index in [2.05, 4.69) is 10.1 Å². The van der Waals surface area contributed by atoms with Gasteiger partial charge in [-0.05, 0) is 42.0 Å². The third-order valence-corrected chi connectivity index (χ3v) is 4.81. The zero-order chi connectivity index (χ0) is 19.5. The van der Waals surface area contributed by atoms with E-state index in [-0.39, 0.29) is 23.2 Å². The van der Waals surface area contributed by atoms with E-state index in [9.17, 15) is 13.6 Å². The number of piperazine rings is 1. The quantitative estimate of drug-likeness (QED) is 0.691. The van der Waals surface area contributed by atoms with Gasteiger partial charge in [0.25, 0.3) is 5.91 Å². The predicted molar refractivity (Wildman–Crippen MR) is 99.5 cm³/mol. The maximum atomic E-state index is 13.3. The van der Waals surface area contributed by atoms with E-state index in [1.165, 1.54) is 24.3 Å². The van der Waals surface area contributed by atoms with Crippen molar-refractivity contribution >= 4 is 5.91 Å². The van der Waals surface area contributed by atoms with Crippen molar-refractivity contribution in [3.8, 4) is 11.3 Å². The summed E-state index contributed by atoms with van der Waals surface area (Å²) in [5.41, 5.74) is 1.81. The van der Waals surface area contributed by atoms with E-state index in [1.807, 2.05) is 6.07 Å². The van der Waals surface area contributed by atoms with E-state index < -0.39 is 0 Å². The van der Waals surface area contributed by atoms with Gasteiger partial charge < -0.3 is 9.42 Å². The predicted octanol–water partition coefficient (Wildman–Crippen LogP) is 3.58. The molecule has 5 nitrogen and oxygen atoms in total. The summed E-state index contributed by atoms with van der Waals surface area (Å²) in [5.74, 6) is -0.347. The minimum atomic E-state index is -0.337. The number of nitrogens with zero attached hydrogens (tertiary/aromatic N) is 3. The van der Waals surface area contributed by atoms with Gasteiger partial charge in [0, 0.05) is 44.4 Å². The van der Waals surface area contributed by atoms with Gasteiger partial charge in [0.1, 0.15) is 11.6 Å². The molecule has 1 aliphatic heterocycles. The summed E-state index contributed by atoms with van der Waals surface area (Å²) in [6.07, 6.45) is 0. The van der Waals surface area contributed by atoms with Crippen molar-refractivity contribution in [3.63, 3.8) is 0 Å². The number of hydrogen-bond donors (Lipinski definition) is 0. The third kappa shape index (κ3) is 4.09. The molecule has 0 saturated carbocycles. The lowest BCUT2D eigenvalue weighted by atomic mass is 10.1. The third-order valence-electron chi connectivity index (χ3n) is 4.81. The molecule has 4 rings (SSSR count). The minimum Gasteiger partial charge on any atom is -0.355 e. The Hall–Kier alpha value is -3.06. The van der Waals surface area contributed by atoms with Gasteiger partial charge in [0.2, 0.25) is 0 Å². The van der Waals surface area contributed by atoms with Crippen LogP contribution in [-0.2, 0) is 6.54 Å². The molecule has 0 unspecified atom stereocenters. The molecule has 3 aromatic rings. The van der Waals surface area contributed by atoms with Crippen molar-refractivity contribution in [1.82, 2.24) is 15.0 Å². The highest BCUT2D eigenvalue weighted by Crippen LogP contribution is 2.21. The molecule has 7 heteroatoms. The number of rotatable bonds is 4. The first-order valence-electron chi connectivity index (χ1n) is 9.07. The number of carbonyl (C=O) groups is 1. The van der Waals surface area contributed by atoms with E-state index in [4.69, 9.17) is 4.52 Å². The number of hydrogen-bond acceptors (Lipinski definition) is 4. The first-order chi connectivity index (χ1) is 13.6. The second-order valence-corrected chi connectivity index (χ2v) is 6.78. The second-order valence-electron chi connectivity index (χ2n) is 6.78. The molecule has 1 aliphatic rings. The molecule has 0 N–H and O–H groups in total. The van der Waals surface area contributed by atoms with Crippen LogP contribution in [0.2, 0.25) is 0 Å². The molecule has 144 valence electrons. The summed E-state index contributed by atoms with van der Waals surface area (Å²) >= 11 is 0. The molecule has 1 amide bonds. The molecule has 1 aromatic heterocycles. The van der Waals surface area contributed by atoms with Crippen molar-refractivity contribution in [3.05, 3.63) is 77.5 Å². The second kappa shape index (κ2) is 7.90. The van der Waals surface area contributed by atoms with Crippen LogP contribution in [0.4, 0.5) is 8.78 Å². The van der Waals surface area contributed by atoms with Crippen LogP contribution < -0.4 is 0 Å². The summed E-state index contributed by atoms with van der Waals surface area (Å²) in [5, 5.41) is 3.87. The van der Waals surface area contributed by atoms with Crippen LogP contribution in [0.15, 0.2) is 59.1 Å². The summed E-state index contributed by atoms with van der Waals surface area (Å²) in [6, 6.07) is 14.0. The fraction of sp³-hybridized carbons (Fsp3) is 0.238. The SMILES string of the molecule is O=C(c1cc(-c2ccc(F)cc2)on1)N1CCN(Cc2cccc(F)c2)CC1. The molecule has 0 bridgehead atoms. The first-order valence-corrected chi connectivity index (χ1v) is 9.07. The van der Waals surface area contributed by atoms with Gasteiger partial charge in [-0.1, -0.05) is 17.3 Å². The lowest BCUT2D eigenvalue weighted by Crippen LogP contribution is -2.48. The van der Waals surface area contributed by atoms with Crippen LogP contribution in [0.5, 0.6) is 0 Å². The number of amides is 1. The zero-order valence-electron chi connectivity index (χ0n) is 15.1. The van der Waals surface area contributed by atoms with Crippen molar-refractivity contribution < 1.29 is 18.1 Å². The lowest BCUT2D eigenvalue weighted by molar-refractivity contribution is 0.0618. The monoisotopic (exact) mass is 383 g/mol. The fourth-order valence-corrected chi connectivity index (χ4v) is 3.29. The molecule has 2 aromatic carbocycles. The normalized spacial score (nSPS) is 15.0. The van der Waals surface area contributed by atoms with Crippen LogP contribution in [-0.4, -0.2) is 47.0 Å². The maximum absolute atomic E-state index is 13.3. The van der Waals surface area contributed by atoms with E-state index in [0.29, 0.717) is 44.0 Å². The summed E-state index contributed by atoms with van der Waals surface area (Å²) in [7, 11) is 0. The Kier molecular flexibility index (Phi) is 5.16. The van der Waals surface area contributed by atoms with Crippen molar-refractivity contribution in [1.29, 1.82) is 0 Å². The van der Waals surface area contributed by atoms with Gasteiger partial charge in [-0.25, -0.2) is 8.78 Å². The number of carbonyl (C=O) groups excluding carboxylic acids is 1. The van der Waals surface area contributed by atoms with Gasteiger partial charge in [0.15, 0.2) is 11.5 Å². The summed E-state index contributed by atoms with van der Waals surface area (Å²) < 4.78 is 31.6. The molecule has 0 radical (unpaired) electrons. The minimum absolute atomic E-state index is 0.192. The molecule has 1 saturated heterocycles. The molecular weight excluding hydrogens is 364 g/mol. The van der Waals surface area contributed by atoms with Crippen molar-refractivity contribution in [2.75, 3.05) is 26.2 Å². The average Bonchev–Trinajstić information content (AvgIpc) is 3.19. The Morgan fingerprint density at radius 3 is 2.43 bits per heavy atom. The molecule has 0 spiro atoms. The Morgan fingerprint density at radius 2 is 1.71 bits per heavy atom. The summed E-state index contributed by atoms with van der Waals surface area (Å²) in [4.78, 5) is 16.6. The number of halogens is 2. The van der Waals surface area contributed by atoms with Gasteiger partial charge in [0.05, 0.1) is 0 Å². The van der Waals surface area contributed by atoms with Gasteiger partial charge in [-0.15, -0.1) is 0 Å². The van der Waals surface area contributed by atoms with E-state index in [0.717, 1.165) is 5.56 Å². The van der Waals surface area contributed by atoms with Gasteiger partial charge in [-0.3, -0.25) is 9.69 Å². The number of benzene rings is 2. The Morgan fingerprint density at radius 1 is 0.964 bits per heavy atom. The smallest absolute Gasteiger partial charge is 0.276 e. The van der Waals surface area contributed by atoms with Crippen molar-refractivity contribution in [2.24, 2.45) is 0 Å². The summed E-state index contributed by atoms with van der Waals surface area (Å²) in [6.45, 7) is 3.17. The number of aromatic nitrogens is 1. The zero-order valence-corrected chi connectivity index (χ0v) is 15.1. The van der Waals surface area contributed by atoms with Gasteiger partial charge in [-0.2, -0.15) is 0 Å². The van der Waals surface area contributed by atoms with Crippen LogP contribution in [0.3, 0.4) is 0 Å². The largest absolute Gasteiger partial charge is 0.355 e. The molecule has 0 aliphatic carbocycles. The van der Waals surface area contributed by atoms with Crippen LogP contribution in [0.25, 0.3) is 11.3 Å². The highest BCUT2D eigenvalue weighted by atomic mass is 19.1. The highest BCUT2D eigenvalue weighted by molar-refractivity contribution is 5.93. The fourth-order valence-electron chi connectivity index (χ4n) is 3.29. The first kappa shape index (κ1) is 18.3.